The molecule has 4 aliphatic rings. The second kappa shape index (κ2) is 14.7. The molecule has 1 saturated carbocycles. The molecule has 1 amide bonds. The summed E-state index contributed by atoms with van der Waals surface area (Å²) in [6, 6.07) is 11.9. The number of benzene rings is 1. The quantitative estimate of drug-likeness (QED) is 0.159. The molecule has 0 radical (unpaired) electrons. The van der Waals surface area contributed by atoms with Crippen molar-refractivity contribution in [2.45, 2.75) is 102 Å². The van der Waals surface area contributed by atoms with Crippen molar-refractivity contribution in [1.29, 1.82) is 0 Å². The summed E-state index contributed by atoms with van der Waals surface area (Å²) in [5.74, 6) is 0.690. The molecule has 5 heterocycles. The maximum Gasteiger partial charge on any atom is 0.410 e. The molecule has 4 fully saturated rings. The molecule has 272 valence electrons. The second-order valence-corrected chi connectivity index (χ2v) is 21.7. The zero-order valence-corrected chi connectivity index (χ0v) is 31.7. The van der Waals surface area contributed by atoms with Gasteiger partial charge in [-0.2, -0.15) is 4.98 Å². The Balaban J connectivity index is 1.06. The van der Waals surface area contributed by atoms with Crippen LogP contribution in [0.15, 0.2) is 30.3 Å². The Bertz CT molecular complexity index is 1650. The highest BCUT2D eigenvalue weighted by Gasteiger charge is 2.56. The summed E-state index contributed by atoms with van der Waals surface area (Å²) >= 11 is 6.89. The number of amides is 1. The van der Waals surface area contributed by atoms with Crippen LogP contribution >= 0.6 is 11.6 Å². The van der Waals surface area contributed by atoms with Crippen molar-refractivity contribution in [3.8, 4) is 17.3 Å². The number of halogens is 1. The highest BCUT2D eigenvalue weighted by molar-refractivity contribution is 6.76. The third kappa shape index (κ3) is 7.56. The molecule has 3 aliphatic heterocycles. The molecule has 0 spiro atoms. The van der Waals surface area contributed by atoms with Gasteiger partial charge in [-0.1, -0.05) is 62.4 Å². The van der Waals surface area contributed by atoms with E-state index in [-0.39, 0.29) is 42.7 Å². The van der Waals surface area contributed by atoms with Gasteiger partial charge in [0, 0.05) is 39.3 Å². The van der Waals surface area contributed by atoms with E-state index in [1.807, 2.05) is 10.6 Å². The molecule has 7 rings (SSSR count). The minimum atomic E-state index is -1.27. The number of carbonyl (C=O) groups is 1. The zero-order chi connectivity index (χ0) is 35.0. The summed E-state index contributed by atoms with van der Waals surface area (Å²) in [5, 5.41) is 0.522. The number of imidazole rings is 1. The fraction of sp³-hybridized carbons (Fsp3) is 0.649. The lowest BCUT2D eigenvalue weighted by atomic mass is 9.82. The molecule has 0 bridgehead atoms. The normalized spacial score (nSPS) is 28.6. The molecule has 1 aromatic carbocycles. The Morgan fingerprint density at radius 1 is 1.06 bits per heavy atom. The van der Waals surface area contributed by atoms with E-state index in [4.69, 9.17) is 50.0 Å². The molecular weight excluding hydrogens is 676 g/mol. The average Bonchev–Trinajstić information content (AvgIpc) is 3.71. The van der Waals surface area contributed by atoms with Crippen LogP contribution in [-0.2, 0) is 30.4 Å². The van der Waals surface area contributed by atoms with Gasteiger partial charge in [0.05, 0.1) is 37.1 Å². The number of rotatable bonds is 10. The van der Waals surface area contributed by atoms with E-state index in [1.54, 1.807) is 4.90 Å². The zero-order valence-electron chi connectivity index (χ0n) is 30.0. The van der Waals surface area contributed by atoms with Crippen molar-refractivity contribution in [2.75, 3.05) is 46.1 Å². The van der Waals surface area contributed by atoms with Gasteiger partial charge in [0.15, 0.2) is 11.8 Å². The number of hydrogen-bond donors (Lipinski definition) is 0. The molecule has 11 nitrogen and oxygen atoms in total. The monoisotopic (exact) mass is 726 g/mol. The lowest BCUT2D eigenvalue weighted by Crippen LogP contribution is -2.42. The van der Waals surface area contributed by atoms with Gasteiger partial charge >= 0.3 is 12.1 Å². The summed E-state index contributed by atoms with van der Waals surface area (Å²) in [5.41, 5.74) is 3.80. The van der Waals surface area contributed by atoms with E-state index in [0.717, 1.165) is 37.3 Å². The van der Waals surface area contributed by atoms with E-state index in [1.165, 1.54) is 5.56 Å². The minimum Gasteiger partial charge on any atom is -0.456 e. The van der Waals surface area contributed by atoms with Gasteiger partial charge in [-0.3, -0.25) is 4.57 Å². The van der Waals surface area contributed by atoms with Crippen LogP contribution in [-0.4, -0.2) is 104 Å². The lowest BCUT2D eigenvalue weighted by molar-refractivity contribution is -0.0262. The Labute approximate surface area is 300 Å². The van der Waals surface area contributed by atoms with Crippen molar-refractivity contribution < 1.29 is 33.2 Å². The molecular formula is C37H51ClN4O7Si. The number of pyridine rings is 1. The molecule has 4 atom stereocenters. The molecule has 50 heavy (non-hydrogen) atoms. The summed E-state index contributed by atoms with van der Waals surface area (Å²) in [6.45, 7) is 15.6. The first-order chi connectivity index (χ1) is 24.0. The smallest absolute Gasteiger partial charge is 0.410 e. The summed E-state index contributed by atoms with van der Waals surface area (Å²) < 4.78 is 38.2. The van der Waals surface area contributed by atoms with Gasteiger partial charge in [-0.05, 0) is 56.2 Å². The first kappa shape index (κ1) is 35.7. The van der Waals surface area contributed by atoms with Gasteiger partial charge in [0.1, 0.15) is 30.1 Å². The van der Waals surface area contributed by atoms with Crippen LogP contribution in [0.2, 0.25) is 30.7 Å². The third-order valence-corrected chi connectivity index (χ3v) is 12.9. The average molecular weight is 727 g/mol. The van der Waals surface area contributed by atoms with E-state index in [2.05, 4.69) is 57.8 Å². The molecule has 2 aromatic heterocycles. The number of aromatic nitrogens is 3. The van der Waals surface area contributed by atoms with Gasteiger partial charge in [0.2, 0.25) is 0 Å². The molecule has 1 aliphatic carbocycles. The standard InChI is InChI=1S/C37H51ClN4O7Si/c1-24-21-46-33-31(22-47-37(24,33)2)49-35-39-30-20-29(38)32(40-34(30)42(35)23-45-18-19-50(3,4)5)27-8-6-25(7-9-27)26-10-12-28(13-11-26)48-36(43)41-14-16-44-17-15-41/h6-9,20,24,26,28,31,33H,10-19,21-23H2,1-5H3. The van der Waals surface area contributed by atoms with E-state index in [9.17, 15) is 4.79 Å². The number of ether oxygens (including phenoxy) is 6. The SMILES string of the molecule is CC1COC2C(Oc3nc4cc(Cl)c(-c5ccc(C6CCC(OC(=O)N7CCOCC7)CC6)cc5)nc4n3COCC[Si](C)(C)C)COC12C. The number of carbonyl (C=O) groups excluding carboxylic acids is 1. The van der Waals surface area contributed by atoms with E-state index < -0.39 is 8.07 Å². The predicted octanol–water partition coefficient (Wildman–Crippen LogP) is 7.13. The van der Waals surface area contributed by atoms with Crippen LogP contribution in [0.3, 0.4) is 0 Å². The van der Waals surface area contributed by atoms with Gasteiger partial charge < -0.3 is 33.3 Å². The summed E-state index contributed by atoms with van der Waals surface area (Å²) in [4.78, 5) is 24.2. The summed E-state index contributed by atoms with van der Waals surface area (Å²) in [6.07, 6.45) is 2.95. The van der Waals surface area contributed by atoms with Crippen molar-refractivity contribution in [1.82, 2.24) is 19.4 Å². The Kier molecular flexibility index (Phi) is 10.5. The van der Waals surface area contributed by atoms with E-state index in [0.29, 0.717) is 79.9 Å². The molecule has 3 aromatic rings. The molecule has 13 heteroatoms. The highest BCUT2D eigenvalue weighted by atomic mass is 35.5. The third-order valence-electron chi connectivity index (χ3n) is 10.9. The second-order valence-electron chi connectivity index (χ2n) is 15.7. The first-order valence-electron chi connectivity index (χ1n) is 18.2. The minimum absolute atomic E-state index is 0.0335. The maximum absolute atomic E-state index is 12.6. The highest BCUT2D eigenvalue weighted by Crippen LogP contribution is 2.43. The fourth-order valence-electron chi connectivity index (χ4n) is 7.48. The van der Waals surface area contributed by atoms with Gasteiger partial charge in [-0.15, -0.1) is 0 Å². The van der Waals surface area contributed by atoms with E-state index >= 15 is 0 Å². The Morgan fingerprint density at radius 3 is 2.52 bits per heavy atom. The van der Waals surface area contributed by atoms with Crippen molar-refractivity contribution >= 4 is 36.9 Å². The summed E-state index contributed by atoms with van der Waals surface area (Å²) in [7, 11) is -1.27. The lowest BCUT2D eigenvalue weighted by Gasteiger charge is -2.32. The first-order valence-corrected chi connectivity index (χ1v) is 22.3. The van der Waals surface area contributed by atoms with Gasteiger partial charge in [0.25, 0.3) is 0 Å². The topological polar surface area (TPSA) is 106 Å². The van der Waals surface area contributed by atoms with Crippen molar-refractivity contribution in [3.63, 3.8) is 0 Å². The van der Waals surface area contributed by atoms with Crippen LogP contribution in [0.1, 0.15) is 51.0 Å². The largest absolute Gasteiger partial charge is 0.456 e. The number of fused-ring (bicyclic) bond motifs is 2. The number of hydrogen-bond acceptors (Lipinski definition) is 9. The van der Waals surface area contributed by atoms with Crippen molar-refractivity contribution in [3.05, 3.63) is 40.9 Å². The Hall–Kier alpha value is -2.74. The van der Waals surface area contributed by atoms with Crippen LogP contribution in [0.5, 0.6) is 6.01 Å². The Morgan fingerprint density at radius 2 is 1.80 bits per heavy atom. The molecule has 3 saturated heterocycles. The maximum atomic E-state index is 12.6. The number of nitrogens with zero attached hydrogens (tertiary/aromatic N) is 4. The van der Waals surface area contributed by atoms with Crippen molar-refractivity contribution in [2.24, 2.45) is 5.92 Å². The van der Waals surface area contributed by atoms with Crippen LogP contribution in [0.25, 0.3) is 22.4 Å². The molecule has 0 N–H and O–H groups in total. The fourth-order valence-corrected chi connectivity index (χ4v) is 8.49. The van der Waals surface area contributed by atoms with Crippen LogP contribution < -0.4 is 4.74 Å². The van der Waals surface area contributed by atoms with Crippen LogP contribution in [0.4, 0.5) is 4.79 Å². The predicted molar refractivity (Wildman–Crippen MR) is 194 cm³/mol. The molecule has 4 unspecified atom stereocenters. The number of morpholine rings is 1. The van der Waals surface area contributed by atoms with Gasteiger partial charge in [-0.25, -0.2) is 9.78 Å². The van der Waals surface area contributed by atoms with Crippen LogP contribution in [0, 0.1) is 5.92 Å².